The third kappa shape index (κ3) is 3.97. The summed E-state index contributed by atoms with van der Waals surface area (Å²) >= 11 is 7.18. The number of rotatable bonds is 5. The van der Waals surface area contributed by atoms with Gasteiger partial charge >= 0.3 is 0 Å². The largest absolute Gasteiger partial charge is 0.353 e. The van der Waals surface area contributed by atoms with Crippen LogP contribution in [0.3, 0.4) is 0 Å². The summed E-state index contributed by atoms with van der Waals surface area (Å²) in [6, 6.07) is 4.08. The number of aromatic nitrogens is 2. The molecule has 0 saturated heterocycles. The van der Waals surface area contributed by atoms with E-state index in [0.717, 1.165) is 5.13 Å². The van der Waals surface area contributed by atoms with Crippen molar-refractivity contribution in [3.63, 3.8) is 0 Å². The van der Waals surface area contributed by atoms with Gasteiger partial charge in [0, 0.05) is 41.5 Å². The van der Waals surface area contributed by atoms with Gasteiger partial charge in [0.15, 0.2) is 5.82 Å². The van der Waals surface area contributed by atoms with E-state index in [4.69, 9.17) is 11.6 Å². The van der Waals surface area contributed by atoms with Gasteiger partial charge in [0.25, 0.3) is 0 Å². The van der Waals surface area contributed by atoms with E-state index in [-0.39, 0.29) is 11.5 Å². The predicted molar refractivity (Wildman–Crippen MR) is 81.2 cm³/mol. The fourth-order valence-corrected chi connectivity index (χ4v) is 3.61. The van der Waals surface area contributed by atoms with Gasteiger partial charge in [0.05, 0.1) is 11.5 Å². The van der Waals surface area contributed by atoms with E-state index >= 15 is 0 Å². The lowest BCUT2D eigenvalue weighted by atomic mass is 10.2. The molecule has 0 unspecified atom stereocenters. The standard InChI is InChI=1S/C12H13ClFN3OS2/c1-17(2)12-15-11(16-19-12)7-20(18)6-8-3-4-9(14)5-10(8)13/h3-5H,6-7H2,1-2H3/t20-/m1/s1. The molecule has 8 heteroatoms. The summed E-state index contributed by atoms with van der Waals surface area (Å²) < 4.78 is 29.2. The predicted octanol–water partition coefficient (Wildman–Crippen LogP) is 2.85. The number of benzene rings is 1. The van der Waals surface area contributed by atoms with Crippen LogP contribution >= 0.6 is 23.1 Å². The molecule has 2 rings (SSSR count). The first-order valence-electron chi connectivity index (χ1n) is 5.74. The van der Waals surface area contributed by atoms with Gasteiger partial charge < -0.3 is 4.90 Å². The number of halogens is 2. The van der Waals surface area contributed by atoms with Crippen molar-refractivity contribution in [1.82, 2.24) is 9.36 Å². The maximum Gasteiger partial charge on any atom is 0.204 e. The lowest BCUT2D eigenvalue weighted by molar-refractivity contribution is 0.627. The van der Waals surface area contributed by atoms with Crippen LogP contribution in [-0.2, 0) is 22.3 Å². The summed E-state index contributed by atoms with van der Waals surface area (Å²) in [5, 5.41) is 1.07. The second kappa shape index (κ2) is 6.60. The molecule has 0 aliphatic heterocycles. The van der Waals surface area contributed by atoms with Gasteiger partial charge in [-0.2, -0.15) is 4.37 Å². The van der Waals surface area contributed by atoms with E-state index in [1.54, 1.807) is 6.07 Å². The van der Waals surface area contributed by atoms with Crippen molar-refractivity contribution in [2.24, 2.45) is 0 Å². The number of hydrogen-bond donors (Lipinski definition) is 0. The summed E-state index contributed by atoms with van der Waals surface area (Å²) in [6.45, 7) is 0. The van der Waals surface area contributed by atoms with E-state index in [2.05, 4.69) is 9.36 Å². The Balaban J connectivity index is 2.01. The van der Waals surface area contributed by atoms with Crippen LogP contribution in [0.2, 0.25) is 5.02 Å². The molecule has 0 aliphatic carbocycles. The minimum atomic E-state index is -1.18. The lowest BCUT2D eigenvalue weighted by Gasteiger charge is -2.05. The van der Waals surface area contributed by atoms with E-state index < -0.39 is 16.6 Å². The highest BCUT2D eigenvalue weighted by atomic mass is 35.5. The second-order valence-electron chi connectivity index (χ2n) is 4.35. The summed E-state index contributed by atoms with van der Waals surface area (Å²) in [7, 11) is 2.57. The van der Waals surface area contributed by atoms with Crippen LogP contribution in [0.4, 0.5) is 9.52 Å². The molecule has 20 heavy (non-hydrogen) atoms. The molecular formula is C12H13ClFN3OS2. The van der Waals surface area contributed by atoms with Crippen molar-refractivity contribution in [3.8, 4) is 0 Å². The molecule has 1 atom stereocenters. The molecule has 4 nitrogen and oxygen atoms in total. The van der Waals surface area contributed by atoms with Crippen molar-refractivity contribution in [2.45, 2.75) is 11.5 Å². The fraction of sp³-hybridized carbons (Fsp3) is 0.333. The zero-order valence-electron chi connectivity index (χ0n) is 11.0. The molecule has 1 aromatic heterocycles. The highest BCUT2D eigenvalue weighted by Crippen LogP contribution is 2.20. The van der Waals surface area contributed by atoms with Gasteiger partial charge in [0.1, 0.15) is 5.82 Å². The summed E-state index contributed by atoms with van der Waals surface area (Å²) in [5.41, 5.74) is 0.662. The quantitative estimate of drug-likeness (QED) is 0.844. The van der Waals surface area contributed by atoms with Crippen molar-refractivity contribution in [3.05, 3.63) is 40.4 Å². The molecule has 0 bridgehead atoms. The first-order valence-corrected chi connectivity index (χ1v) is 8.38. The smallest absolute Gasteiger partial charge is 0.204 e. The second-order valence-corrected chi connectivity index (χ2v) is 6.95. The monoisotopic (exact) mass is 333 g/mol. The van der Waals surface area contributed by atoms with Crippen LogP contribution in [0.5, 0.6) is 0 Å². The maximum absolute atomic E-state index is 12.9. The topological polar surface area (TPSA) is 46.1 Å². The third-order valence-corrected chi connectivity index (χ3v) is 4.95. The Morgan fingerprint density at radius 3 is 2.75 bits per heavy atom. The zero-order chi connectivity index (χ0) is 14.7. The molecule has 1 aromatic carbocycles. The Morgan fingerprint density at radius 1 is 1.40 bits per heavy atom. The molecule has 0 N–H and O–H groups in total. The summed E-state index contributed by atoms with van der Waals surface area (Å²) in [4.78, 5) is 6.12. The Kier molecular flexibility index (Phi) is 5.06. The average Bonchev–Trinajstić information content (AvgIpc) is 2.81. The van der Waals surface area contributed by atoms with Gasteiger partial charge in [-0.1, -0.05) is 17.7 Å². The van der Waals surface area contributed by atoms with E-state index in [1.165, 1.54) is 23.7 Å². The maximum atomic E-state index is 12.9. The molecule has 0 amide bonds. The minimum Gasteiger partial charge on any atom is -0.353 e. The van der Waals surface area contributed by atoms with E-state index in [0.29, 0.717) is 16.4 Å². The normalized spacial score (nSPS) is 12.4. The van der Waals surface area contributed by atoms with Crippen LogP contribution in [0.1, 0.15) is 11.4 Å². The van der Waals surface area contributed by atoms with Crippen molar-refractivity contribution in [2.75, 3.05) is 19.0 Å². The Labute approximate surface area is 128 Å². The zero-order valence-corrected chi connectivity index (χ0v) is 13.4. The molecule has 0 saturated carbocycles. The van der Waals surface area contributed by atoms with Gasteiger partial charge in [-0.3, -0.25) is 4.21 Å². The van der Waals surface area contributed by atoms with Crippen LogP contribution in [0.15, 0.2) is 18.2 Å². The fourth-order valence-electron chi connectivity index (χ4n) is 1.49. The number of anilines is 1. The number of nitrogens with zero attached hydrogens (tertiary/aromatic N) is 3. The third-order valence-electron chi connectivity index (χ3n) is 2.46. The molecule has 108 valence electrons. The first-order chi connectivity index (χ1) is 9.45. The van der Waals surface area contributed by atoms with Crippen LogP contribution in [0, 0.1) is 5.82 Å². The first kappa shape index (κ1) is 15.3. The number of hydrogen-bond acceptors (Lipinski definition) is 5. The van der Waals surface area contributed by atoms with Crippen LogP contribution < -0.4 is 4.90 Å². The summed E-state index contributed by atoms with van der Waals surface area (Å²) in [6.07, 6.45) is 0. The lowest BCUT2D eigenvalue weighted by Crippen LogP contribution is -2.08. The van der Waals surface area contributed by atoms with Crippen molar-refractivity contribution < 1.29 is 8.60 Å². The van der Waals surface area contributed by atoms with Crippen LogP contribution in [-0.4, -0.2) is 27.7 Å². The van der Waals surface area contributed by atoms with Crippen LogP contribution in [0.25, 0.3) is 0 Å². The van der Waals surface area contributed by atoms with Crippen molar-refractivity contribution in [1.29, 1.82) is 0 Å². The molecule has 2 aromatic rings. The Morgan fingerprint density at radius 2 is 2.15 bits per heavy atom. The molecule has 0 fully saturated rings. The van der Waals surface area contributed by atoms with Gasteiger partial charge in [-0.05, 0) is 17.7 Å². The molecule has 0 aliphatic rings. The van der Waals surface area contributed by atoms with Gasteiger partial charge in [0.2, 0.25) is 5.13 Å². The average molecular weight is 334 g/mol. The van der Waals surface area contributed by atoms with Gasteiger partial charge in [-0.25, -0.2) is 9.37 Å². The molecular weight excluding hydrogens is 321 g/mol. The Bertz CT molecular complexity index is 633. The molecule has 1 heterocycles. The molecule has 0 spiro atoms. The van der Waals surface area contributed by atoms with Crippen molar-refractivity contribution >= 4 is 39.1 Å². The van der Waals surface area contributed by atoms with Gasteiger partial charge in [-0.15, -0.1) is 0 Å². The minimum absolute atomic E-state index is 0.260. The Hall–Kier alpha value is -1.05. The van der Waals surface area contributed by atoms with E-state index in [1.807, 2.05) is 19.0 Å². The highest BCUT2D eigenvalue weighted by Gasteiger charge is 2.12. The highest BCUT2D eigenvalue weighted by molar-refractivity contribution is 7.83. The molecule has 0 radical (unpaired) electrons. The SMILES string of the molecule is CN(C)c1nc(C[S@](=O)Cc2ccc(F)cc2Cl)ns1. The van der Waals surface area contributed by atoms with E-state index in [9.17, 15) is 8.60 Å². The summed E-state index contributed by atoms with van der Waals surface area (Å²) in [5.74, 6) is 0.671.